The zero-order valence-corrected chi connectivity index (χ0v) is 11.5. The number of rotatable bonds is 4. The summed E-state index contributed by atoms with van der Waals surface area (Å²) in [6.45, 7) is 6.73. The van der Waals surface area contributed by atoms with Crippen molar-refractivity contribution in [1.29, 1.82) is 0 Å². The Labute approximate surface area is 110 Å². The van der Waals surface area contributed by atoms with Gasteiger partial charge in [0.15, 0.2) is 0 Å². The summed E-state index contributed by atoms with van der Waals surface area (Å²) < 4.78 is 13.5. The van der Waals surface area contributed by atoms with Gasteiger partial charge in [-0.15, -0.1) is 10.2 Å². The van der Waals surface area contributed by atoms with Crippen LogP contribution in [0.5, 0.6) is 0 Å². The van der Waals surface area contributed by atoms with E-state index in [9.17, 15) is 4.39 Å². The Kier molecular flexibility index (Phi) is 4.04. The van der Waals surface area contributed by atoms with Crippen LogP contribution < -0.4 is 5.32 Å². The third-order valence-electron chi connectivity index (χ3n) is 2.74. The van der Waals surface area contributed by atoms with Crippen LogP contribution in [0.2, 0.25) is 0 Å². The van der Waals surface area contributed by atoms with E-state index in [4.69, 9.17) is 0 Å². The van der Waals surface area contributed by atoms with Crippen LogP contribution in [0.1, 0.15) is 30.5 Å². The van der Waals surface area contributed by atoms with Crippen LogP contribution in [0.3, 0.4) is 0 Å². The van der Waals surface area contributed by atoms with Gasteiger partial charge in [-0.25, -0.2) is 4.39 Å². The molecule has 1 N–H and O–H groups in total. The number of benzene rings is 1. The second-order valence-electron chi connectivity index (χ2n) is 4.19. The summed E-state index contributed by atoms with van der Waals surface area (Å²) >= 11 is 1.50. The minimum absolute atomic E-state index is 0.177. The van der Waals surface area contributed by atoms with Crippen molar-refractivity contribution in [3.63, 3.8) is 0 Å². The molecule has 0 saturated carbocycles. The number of nitrogens with zero attached hydrogens (tertiary/aromatic N) is 2. The lowest BCUT2D eigenvalue weighted by Crippen LogP contribution is -2.17. The molecule has 0 fully saturated rings. The minimum Gasteiger partial charge on any atom is -0.308 e. The SMILES string of the molecule is CCNC(C)c1nnc(-c2ccc(C)c(F)c2)s1. The Morgan fingerprint density at radius 1 is 1.39 bits per heavy atom. The summed E-state index contributed by atoms with van der Waals surface area (Å²) in [5.74, 6) is -0.205. The van der Waals surface area contributed by atoms with E-state index in [0.29, 0.717) is 5.56 Å². The highest BCUT2D eigenvalue weighted by molar-refractivity contribution is 7.14. The molecule has 18 heavy (non-hydrogen) atoms. The number of halogens is 1. The summed E-state index contributed by atoms with van der Waals surface area (Å²) in [7, 11) is 0. The van der Waals surface area contributed by atoms with Crippen molar-refractivity contribution in [2.24, 2.45) is 0 Å². The van der Waals surface area contributed by atoms with E-state index < -0.39 is 0 Å². The average molecular weight is 265 g/mol. The normalized spacial score (nSPS) is 12.7. The number of hydrogen-bond acceptors (Lipinski definition) is 4. The first kappa shape index (κ1) is 13.1. The smallest absolute Gasteiger partial charge is 0.147 e. The molecule has 0 amide bonds. The van der Waals surface area contributed by atoms with E-state index in [1.54, 1.807) is 13.0 Å². The highest BCUT2D eigenvalue weighted by Gasteiger charge is 2.12. The molecule has 1 unspecified atom stereocenters. The summed E-state index contributed by atoms with van der Waals surface area (Å²) in [6.07, 6.45) is 0. The molecular weight excluding hydrogens is 249 g/mol. The molecule has 2 rings (SSSR count). The fourth-order valence-electron chi connectivity index (χ4n) is 1.65. The highest BCUT2D eigenvalue weighted by Crippen LogP contribution is 2.27. The minimum atomic E-state index is -0.205. The summed E-state index contributed by atoms with van der Waals surface area (Å²) in [5.41, 5.74) is 1.43. The summed E-state index contributed by atoms with van der Waals surface area (Å²) in [6, 6.07) is 5.33. The van der Waals surface area contributed by atoms with Gasteiger partial charge in [0.05, 0.1) is 6.04 Å². The first-order chi connectivity index (χ1) is 8.61. The Morgan fingerprint density at radius 2 is 2.17 bits per heavy atom. The third kappa shape index (κ3) is 2.73. The molecule has 1 aromatic carbocycles. The predicted molar refractivity (Wildman–Crippen MR) is 72.1 cm³/mol. The Bertz CT molecular complexity index is 539. The van der Waals surface area contributed by atoms with Crippen molar-refractivity contribution in [1.82, 2.24) is 15.5 Å². The Balaban J connectivity index is 2.26. The number of hydrogen-bond donors (Lipinski definition) is 1. The van der Waals surface area contributed by atoms with E-state index in [1.165, 1.54) is 17.4 Å². The topological polar surface area (TPSA) is 37.8 Å². The van der Waals surface area contributed by atoms with Gasteiger partial charge < -0.3 is 5.32 Å². The van der Waals surface area contributed by atoms with Crippen molar-refractivity contribution in [2.75, 3.05) is 6.54 Å². The lowest BCUT2D eigenvalue weighted by Gasteiger charge is -2.06. The maximum atomic E-state index is 13.5. The van der Waals surface area contributed by atoms with Gasteiger partial charge >= 0.3 is 0 Å². The van der Waals surface area contributed by atoms with Gasteiger partial charge in [-0.2, -0.15) is 0 Å². The number of aromatic nitrogens is 2. The van der Waals surface area contributed by atoms with Crippen molar-refractivity contribution >= 4 is 11.3 Å². The molecule has 0 bridgehead atoms. The fourth-order valence-corrected chi connectivity index (χ4v) is 2.51. The van der Waals surface area contributed by atoms with Crippen LogP contribution in [-0.2, 0) is 0 Å². The van der Waals surface area contributed by atoms with E-state index in [-0.39, 0.29) is 11.9 Å². The zero-order chi connectivity index (χ0) is 13.1. The van der Waals surface area contributed by atoms with Gasteiger partial charge in [0.2, 0.25) is 0 Å². The second kappa shape index (κ2) is 5.54. The highest BCUT2D eigenvalue weighted by atomic mass is 32.1. The van der Waals surface area contributed by atoms with E-state index >= 15 is 0 Å². The van der Waals surface area contributed by atoms with Crippen LogP contribution >= 0.6 is 11.3 Å². The van der Waals surface area contributed by atoms with Crippen LogP contribution in [0, 0.1) is 12.7 Å². The Morgan fingerprint density at radius 3 is 2.83 bits per heavy atom. The molecule has 0 spiro atoms. The zero-order valence-electron chi connectivity index (χ0n) is 10.7. The lowest BCUT2D eigenvalue weighted by atomic mass is 10.1. The van der Waals surface area contributed by atoms with Crippen LogP contribution in [0.15, 0.2) is 18.2 Å². The van der Waals surface area contributed by atoms with Crippen LogP contribution in [0.25, 0.3) is 10.6 Å². The molecule has 2 aromatic rings. The van der Waals surface area contributed by atoms with Crippen molar-refractivity contribution in [3.05, 3.63) is 34.6 Å². The molecule has 5 heteroatoms. The first-order valence-corrected chi connectivity index (χ1v) is 6.76. The number of nitrogens with one attached hydrogen (secondary N) is 1. The van der Waals surface area contributed by atoms with Gasteiger partial charge in [0.25, 0.3) is 0 Å². The van der Waals surface area contributed by atoms with Crippen molar-refractivity contribution < 1.29 is 4.39 Å². The second-order valence-corrected chi connectivity index (χ2v) is 5.20. The monoisotopic (exact) mass is 265 g/mol. The molecule has 0 aliphatic heterocycles. The predicted octanol–water partition coefficient (Wildman–Crippen LogP) is 3.32. The fraction of sp³-hybridized carbons (Fsp3) is 0.385. The van der Waals surface area contributed by atoms with Gasteiger partial charge in [-0.3, -0.25) is 0 Å². The first-order valence-electron chi connectivity index (χ1n) is 5.95. The molecule has 0 radical (unpaired) electrons. The summed E-state index contributed by atoms with van der Waals surface area (Å²) in [5, 5.41) is 13.2. The van der Waals surface area contributed by atoms with Crippen molar-refractivity contribution in [3.8, 4) is 10.6 Å². The number of aryl methyl sites for hydroxylation is 1. The average Bonchev–Trinajstić information content (AvgIpc) is 2.82. The maximum Gasteiger partial charge on any atom is 0.147 e. The van der Waals surface area contributed by atoms with Gasteiger partial charge in [-0.1, -0.05) is 30.4 Å². The molecule has 96 valence electrons. The largest absolute Gasteiger partial charge is 0.308 e. The quantitative estimate of drug-likeness (QED) is 0.921. The van der Waals surface area contributed by atoms with Crippen LogP contribution in [-0.4, -0.2) is 16.7 Å². The van der Waals surface area contributed by atoms with E-state index in [0.717, 1.165) is 22.1 Å². The van der Waals surface area contributed by atoms with Crippen LogP contribution in [0.4, 0.5) is 4.39 Å². The molecule has 1 heterocycles. The van der Waals surface area contributed by atoms with Gasteiger partial charge in [0, 0.05) is 5.56 Å². The standard InChI is InChI=1S/C13H16FN3S/c1-4-15-9(3)12-16-17-13(18-12)10-6-5-8(2)11(14)7-10/h5-7,9,15H,4H2,1-3H3. The molecule has 0 aliphatic carbocycles. The van der Waals surface area contributed by atoms with Gasteiger partial charge in [0.1, 0.15) is 15.8 Å². The molecule has 0 saturated heterocycles. The third-order valence-corrected chi connectivity index (χ3v) is 3.90. The summed E-state index contributed by atoms with van der Waals surface area (Å²) in [4.78, 5) is 0. The molecule has 3 nitrogen and oxygen atoms in total. The van der Waals surface area contributed by atoms with Crippen molar-refractivity contribution in [2.45, 2.75) is 26.8 Å². The molecule has 0 aliphatic rings. The lowest BCUT2D eigenvalue weighted by molar-refractivity contribution is 0.590. The molecule has 1 atom stereocenters. The van der Waals surface area contributed by atoms with E-state index in [1.807, 2.05) is 19.9 Å². The van der Waals surface area contributed by atoms with E-state index in [2.05, 4.69) is 15.5 Å². The van der Waals surface area contributed by atoms with Gasteiger partial charge in [-0.05, 0) is 32.0 Å². The molecular formula is C13H16FN3S. The maximum absolute atomic E-state index is 13.5. The Hall–Kier alpha value is -1.33. The molecule has 1 aromatic heterocycles.